The molecule has 0 fully saturated rings. The third kappa shape index (κ3) is 26.3. The van der Waals surface area contributed by atoms with Crippen LogP contribution in [0.4, 0.5) is 0 Å². The molecule has 1 atom stereocenters. The Kier molecular flexibility index (Phi) is 30.7. The van der Waals surface area contributed by atoms with Crippen molar-refractivity contribution in [1.82, 2.24) is 9.80 Å². The molecule has 2 heteroatoms. The Labute approximate surface area is 273 Å². The molecule has 0 saturated heterocycles. The second kappa shape index (κ2) is 32.7. The van der Waals surface area contributed by atoms with E-state index in [9.17, 15) is 0 Å². The molecule has 1 unspecified atom stereocenters. The fourth-order valence-corrected chi connectivity index (χ4v) is 7.00. The summed E-state index contributed by atoms with van der Waals surface area (Å²) in [5.74, 6) is 0. The van der Waals surface area contributed by atoms with Gasteiger partial charge in [-0.25, -0.2) is 0 Å². The Morgan fingerprint density at radius 1 is 0.302 bits per heavy atom. The van der Waals surface area contributed by atoms with Crippen molar-refractivity contribution in [2.75, 3.05) is 13.1 Å². The molecular weight excluding hydrogens is 520 g/mol. The smallest absolute Gasteiger partial charge is 0.0977 e. The van der Waals surface area contributed by atoms with Crippen molar-refractivity contribution >= 4 is 0 Å². The summed E-state index contributed by atoms with van der Waals surface area (Å²) in [5.41, 5.74) is 0. The van der Waals surface area contributed by atoms with Crippen molar-refractivity contribution in [1.29, 1.82) is 0 Å². The molecule has 0 bridgehead atoms. The van der Waals surface area contributed by atoms with Gasteiger partial charge in [-0.3, -0.25) is 0 Å². The van der Waals surface area contributed by atoms with E-state index in [0.29, 0.717) is 6.17 Å². The molecule has 0 spiro atoms. The highest BCUT2D eigenvalue weighted by atomic mass is 15.4. The van der Waals surface area contributed by atoms with Crippen LogP contribution < -0.4 is 0 Å². The number of hydrogen-bond donors (Lipinski definition) is 0. The largest absolute Gasteiger partial charge is 0.356 e. The molecule has 1 rings (SSSR count). The average molecular weight is 603 g/mol. The summed E-state index contributed by atoms with van der Waals surface area (Å²) >= 11 is 0. The fourth-order valence-electron chi connectivity index (χ4n) is 7.00. The number of nitrogens with zero attached hydrogens (tertiary/aromatic N) is 2. The molecule has 0 aliphatic carbocycles. The maximum atomic E-state index is 2.58. The summed E-state index contributed by atoms with van der Waals surface area (Å²) in [4.78, 5) is 5.16. The SMILES string of the molecule is CCCCCCCCCCCCCCCCCCCN1C=CN(CCCCCCCCCCCCCCCCCC)C1C. The zero-order chi connectivity index (χ0) is 30.9. The van der Waals surface area contributed by atoms with Crippen LogP contribution in [0.3, 0.4) is 0 Å². The van der Waals surface area contributed by atoms with Crippen molar-refractivity contribution in [2.45, 2.75) is 239 Å². The predicted molar refractivity (Wildman–Crippen MR) is 196 cm³/mol. The molecule has 1 heterocycles. The molecule has 1 aliphatic heterocycles. The summed E-state index contributed by atoms with van der Waals surface area (Å²) in [7, 11) is 0. The van der Waals surface area contributed by atoms with Crippen molar-refractivity contribution in [3.8, 4) is 0 Å². The van der Waals surface area contributed by atoms with E-state index in [1.165, 1.54) is 225 Å². The Hall–Kier alpha value is -0.660. The minimum atomic E-state index is 0.567. The van der Waals surface area contributed by atoms with Gasteiger partial charge in [-0.2, -0.15) is 0 Å². The Morgan fingerprint density at radius 3 is 0.698 bits per heavy atom. The van der Waals surface area contributed by atoms with E-state index >= 15 is 0 Å². The van der Waals surface area contributed by atoms with E-state index in [2.05, 4.69) is 43.0 Å². The van der Waals surface area contributed by atoms with Gasteiger partial charge >= 0.3 is 0 Å². The first-order valence-corrected chi connectivity index (χ1v) is 20.5. The fraction of sp³-hybridized carbons (Fsp3) is 0.951. The summed E-state index contributed by atoms with van der Waals surface area (Å²) in [5, 5.41) is 0. The molecule has 43 heavy (non-hydrogen) atoms. The lowest BCUT2D eigenvalue weighted by atomic mass is 10.0. The van der Waals surface area contributed by atoms with Crippen molar-refractivity contribution in [3.05, 3.63) is 12.4 Å². The number of hydrogen-bond acceptors (Lipinski definition) is 2. The summed E-state index contributed by atoms with van der Waals surface area (Å²) in [6, 6.07) is 0. The van der Waals surface area contributed by atoms with Gasteiger partial charge in [0.1, 0.15) is 0 Å². The standard InChI is InChI=1S/C41H82N2/c1-4-6-8-10-12-14-16-18-20-22-24-26-28-30-32-34-36-38-43-40-39-42(41(43)3)37-35-33-31-29-27-25-23-21-19-17-15-13-11-9-7-5-2/h39-41H,4-38H2,1-3H3. The summed E-state index contributed by atoms with van der Waals surface area (Å²) in [6.07, 6.45) is 53.2. The molecule has 0 radical (unpaired) electrons. The van der Waals surface area contributed by atoms with E-state index in [1.807, 2.05) is 0 Å². The van der Waals surface area contributed by atoms with Crippen LogP contribution in [0.1, 0.15) is 233 Å². The highest BCUT2D eigenvalue weighted by molar-refractivity contribution is 4.95. The molecule has 1 aliphatic rings. The summed E-state index contributed by atoms with van der Waals surface area (Å²) < 4.78 is 0. The number of unbranched alkanes of at least 4 members (excludes halogenated alkanes) is 31. The quantitative estimate of drug-likeness (QED) is 0.0666. The van der Waals surface area contributed by atoms with Gasteiger partial charge in [0.15, 0.2) is 0 Å². The average Bonchev–Trinajstić information content (AvgIpc) is 3.37. The summed E-state index contributed by atoms with van der Waals surface area (Å²) in [6.45, 7) is 9.50. The molecule has 256 valence electrons. The van der Waals surface area contributed by atoms with E-state index in [1.54, 1.807) is 0 Å². The van der Waals surface area contributed by atoms with E-state index < -0.39 is 0 Å². The van der Waals surface area contributed by atoms with Gasteiger partial charge in [-0.15, -0.1) is 0 Å². The van der Waals surface area contributed by atoms with Crippen LogP contribution in [0.2, 0.25) is 0 Å². The van der Waals surface area contributed by atoms with Crippen molar-refractivity contribution < 1.29 is 0 Å². The molecule has 0 aromatic rings. The lowest BCUT2D eigenvalue weighted by Crippen LogP contribution is -2.36. The maximum Gasteiger partial charge on any atom is 0.0977 e. The van der Waals surface area contributed by atoms with Crippen LogP contribution in [0, 0.1) is 0 Å². The van der Waals surface area contributed by atoms with Gasteiger partial charge in [0, 0.05) is 25.5 Å². The van der Waals surface area contributed by atoms with Crippen LogP contribution in [0.15, 0.2) is 12.4 Å². The topological polar surface area (TPSA) is 6.48 Å². The van der Waals surface area contributed by atoms with Crippen molar-refractivity contribution in [2.24, 2.45) is 0 Å². The van der Waals surface area contributed by atoms with Gasteiger partial charge in [0.25, 0.3) is 0 Å². The second-order valence-corrected chi connectivity index (χ2v) is 14.4. The Morgan fingerprint density at radius 2 is 0.488 bits per heavy atom. The van der Waals surface area contributed by atoms with Crippen LogP contribution in [-0.4, -0.2) is 29.1 Å². The van der Waals surface area contributed by atoms with Gasteiger partial charge in [-0.1, -0.05) is 213 Å². The van der Waals surface area contributed by atoms with E-state index in [4.69, 9.17) is 0 Å². The highest BCUT2D eigenvalue weighted by Crippen LogP contribution is 2.19. The first kappa shape index (κ1) is 40.4. The van der Waals surface area contributed by atoms with E-state index in [0.717, 1.165) is 0 Å². The molecule has 0 aromatic carbocycles. The van der Waals surface area contributed by atoms with Gasteiger partial charge in [0.05, 0.1) is 6.17 Å². The zero-order valence-electron chi connectivity index (χ0n) is 30.4. The van der Waals surface area contributed by atoms with Crippen molar-refractivity contribution in [3.63, 3.8) is 0 Å². The minimum absolute atomic E-state index is 0.567. The molecule has 0 N–H and O–H groups in total. The van der Waals surface area contributed by atoms with Crippen LogP contribution in [-0.2, 0) is 0 Å². The first-order chi connectivity index (χ1) is 21.3. The molecule has 0 aromatic heterocycles. The molecule has 0 amide bonds. The minimum Gasteiger partial charge on any atom is -0.356 e. The highest BCUT2D eigenvalue weighted by Gasteiger charge is 2.20. The normalized spacial score (nSPS) is 14.9. The monoisotopic (exact) mass is 603 g/mol. The predicted octanol–water partition coefficient (Wildman–Crippen LogP) is 14.3. The lowest BCUT2D eigenvalue weighted by molar-refractivity contribution is 0.165. The third-order valence-electron chi connectivity index (χ3n) is 10.2. The maximum absolute atomic E-state index is 2.58. The Bertz CT molecular complexity index is 558. The van der Waals surface area contributed by atoms with Gasteiger partial charge in [0.2, 0.25) is 0 Å². The first-order valence-electron chi connectivity index (χ1n) is 20.5. The second-order valence-electron chi connectivity index (χ2n) is 14.4. The molecular formula is C41H82N2. The lowest BCUT2D eigenvalue weighted by Gasteiger charge is -2.30. The van der Waals surface area contributed by atoms with Gasteiger partial charge < -0.3 is 9.80 Å². The zero-order valence-corrected chi connectivity index (χ0v) is 30.4. The van der Waals surface area contributed by atoms with Crippen LogP contribution in [0.25, 0.3) is 0 Å². The number of rotatable bonds is 35. The third-order valence-corrected chi connectivity index (χ3v) is 10.2. The molecule has 0 saturated carbocycles. The van der Waals surface area contributed by atoms with E-state index in [-0.39, 0.29) is 0 Å². The van der Waals surface area contributed by atoms with Gasteiger partial charge in [-0.05, 0) is 19.8 Å². The van der Waals surface area contributed by atoms with Crippen LogP contribution >= 0.6 is 0 Å². The van der Waals surface area contributed by atoms with Crippen LogP contribution in [0.5, 0.6) is 0 Å². The molecule has 2 nitrogen and oxygen atoms in total. The Balaban J connectivity index is 1.79.